The molecule has 1 aromatic carbocycles. The molecule has 0 saturated carbocycles. The molecule has 1 saturated heterocycles. The van der Waals surface area contributed by atoms with Crippen LogP contribution in [-0.4, -0.2) is 45.6 Å². The lowest BCUT2D eigenvalue weighted by atomic mass is 10.2. The van der Waals surface area contributed by atoms with Crippen LogP contribution >= 0.6 is 0 Å². The van der Waals surface area contributed by atoms with Gasteiger partial charge in [-0.1, -0.05) is 26.0 Å². The maximum atomic E-state index is 5.48. The van der Waals surface area contributed by atoms with Crippen molar-refractivity contribution in [3.63, 3.8) is 0 Å². The summed E-state index contributed by atoms with van der Waals surface area (Å²) in [5.41, 5.74) is 2.55. The Balaban J connectivity index is 1.96. The van der Waals surface area contributed by atoms with Crippen LogP contribution in [0.15, 0.2) is 24.3 Å². The Bertz CT molecular complexity index is 393. The van der Waals surface area contributed by atoms with Gasteiger partial charge >= 0.3 is 0 Å². The molecule has 0 aliphatic carbocycles. The number of methoxy groups -OCH3 is 2. The van der Waals surface area contributed by atoms with E-state index in [1.807, 2.05) is 0 Å². The van der Waals surface area contributed by atoms with E-state index in [0.717, 1.165) is 19.6 Å². The van der Waals surface area contributed by atoms with E-state index in [1.165, 1.54) is 11.3 Å². The molecule has 2 atom stereocenters. The topological polar surface area (TPSA) is 33.7 Å². The largest absolute Gasteiger partial charge is 0.377 e. The lowest BCUT2D eigenvalue weighted by molar-refractivity contribution is -0.00461. The summed E-state index contributed by atoms with van der Waals surface area (Å²) in [5.74, 6) is 0. The van der Waals surface area contributed by atoms with Crippen molar-refractivity contribution in [2.45, 2.75) is 38.6 Å². The van der Waals surface area contributed by atoms with Crippen LogP contribution in [0, 0.1) is 0 Å². The highest BCUT2D eigenvalue weighted by Gasteiger charge is 2.32. The second kappa shape index (κ2) is 7.07. The predicted molar refractivity (Wildman–Crippen MR) is 82.2 cm³/mol. The number of anilines is 1. The van der Waals surface area contributed by atoms with E-state index < -0.39 is 0 Å². The standard InChI is InChI=1S/C16H26N2O2/c1-12(2)17-9-13-5-7-14(8-6-13)18-10-15(19-3)16(11-18)20-4/h5-8,12,15-17H,9-11H2,1-4H3. The lowest BCUT2D eigenvalue weighted by Crippen LogP contribution is -2.27. The molecule has 0 spiro atoms. The van der Waals surface area contributed by atoms with Crippen LogP contribution in [0.2, 0.25) is 0 Å². The van der Waals surface area contributed by atoms with E-state index in [-0.39, 0.29) is 12.2 Å². The molecule has 20 heavy (non-hydrogen) atoms. The molecule has 1 fully saturated rings. The van der Waals surface area contributed by atoms with Crippen LogP contribution in [0.1, 0.15) is 19.4 Å². The minimum Gasteiger partial charge on any atom is -0.377 e. The summed E-state index contributed by atoms with van der Waals surface area (Å²) in [6.45, 7) is 7.01. The highest BCUT2D eigenvalue weighted by molar-refractivity contribution is 5.49. The van der Waals surface area contributed by atoms with Gasteiger partial charge in [0.2, 0.25) is 0 Å². The molecule has 4 nitrogen and oxygen atoms in total. The lowest BCUT2D eigenvalue weighted by Gasteiger charge is -2.18. The van der Waals surface area contributed by atoms with Crippen LogP contribution in [-0.2, 0) is 16.0 Å². The quantitative estimate of drug-likeness (QED) is 0.863. The van der Waals surface area contributed by atoms with Crippen molar-refractivity contribution >= 4 is 5.69 Å². The highest BCUT2D eigenvalue weighted by Crippen LogP contribution is 2.23. The average molecular weight is 278 g/mol. The Kier molecular flexibility index (Phi) is 5.40. The molecule has 1 aromatic rings. The first kappa shape index (κ1) is 15.3. The third-order valence-electron chi connectivity index (χ3n) is 3.84. The zero-order valence-electron chi connectivity index (χ0n) is 12.9. The van der Waals surface area contributed by atoms with E-state index >= 15 is 0 Å². The normalized spacial score (nSPS) is 22.8. The maximum absolute atomic E-state index is 5.48. The van der Waals surface area contributed by atoms with Gasteiger partial charge in [0, 0.05) is 45.6 Å². The van der Waals surface area contributed by atoms with Gasteiger partial charge in [-0.15, -0.1) is 0 Å². The molecule has 1 heterocycles. The summed E-state index contributed by atoms with van der Waals surface area (Å²) >= 11 is 0. The fraction of sp³-hybridized carbons (Fsp3) is 0.625. The Morgan fingerprint density at radius 1 is 1.10 bits per heavy atom. The first-order chi connectivity index (χ1) is 9.63. The molecule has 0 bridgehead atoms. The van der Waals surface area contributed by atoms with Gasteiger partial charge in [-0.2, -0.15) is 0 Å². The average Bonchev–Trinajstić information content (AvgIpc) is 2.89. The van der Waals surface area contributed by atoms with Gasteiger partial charge in [-0.05, 0) is 17.7 Å². The van der Waals surface area contributed by atoms with Crippen LogP contribution in [0.4, 0.5) is 5.69 Å². The van der Waals surface area contributed by atoms with Crippen LogP contribution in [0.3, 0.4) is 0 Å². The van der Waals surface area contributed by atoms with Crippen molar-refractivity contribution in [3.05, 3.63) is 29.8 Å². The van der Waals surface area contributed by atoms with Gasteiger partial charge < -0.3 is 19.7 Å². The molecule has 2 unspecified atom stereocenters. The summed E-state index contributed by atoms with van der Waals surface area (Å²) in [5, 5.41) is 3.43. The number of nitrogens with one attached hydrogen (secondary N) is 1. The summed E-state index contributed by atoms with van der Waals surface area (Å²) in [6.07, 6.45) is 0.310. The Morgan fingerprint density at radius 3 is 2.10 bits per heavy atom. The SMILES string of the molecule is COC1CN(c2ccc(CNC(C)C)cc2)CC1OC. The van der Waals surface area contributed by atoms with E-state index in [0.29, 0.717) is 6.04 Å². The molecule has 1 aliphatic rings. The van der Waals surface area contributed by atoms with Crippen molar-refractivity contribution in [3.8, 4) is 0 Å². The van der Waals surface area contributed by atoms with Gasteiger partial charge in [0.05, 0.1) is 0 Å². The van der Waals surface area contributed by atoms with E-state index in [4.69, 9.17) is 9.47 Å². The van der Waals surface area contributed by atoms with Gasteiger partial charge in [0.15, 0.2) is 0 Å². The zero-order chi connectivity index (χ0) is 14.5. The summed E-state index contributed by atoms with van der Waals surface area (Å²) in [4.78, 5) is 2.32. The van der Waals surface area contributed by atoms with Crippen LogP contribution in [0.25, 0.3) is 0 Å². The van der Waals surface area contributed by atoms with Crippen molar-refractivity contribution in [1.29, 1.82) is 0 Å². The van der Waals surface area contributed by atoms with Crippen molar-refractivity contribution in [2.24, 2.45) is 0 Å². The van der Waals surface area contributed by atoms with E-state index in [2.05, 4.69) is 48.3 Å². The minimum absolute atomic E-state index is 0.155. The molecule has 0 amide bonds. The Hall–Kier alpha value is -1.10. The second-order valence-electron chi connectivity index (χ2n) is 5.66. The molecule has 4 heteroatoms. The fourth-order valence-corrected chi connectivity index (χ4v) is 2.55. The number of hydrogen-bond acceptors (Lipinski definition) is 4. The van der Waals surface area contributed by atoms with Gasteiger partial charge in [-0.3, -0.25) is 0 Å². The number of nitrogens with zero attached hydrogens (tertiary/aromatic N) is 1. The van der Waals surface area contributed by atoms with Crippen LogP contribution < -0.4 is 10.2 Å². The number of rotatable bonds is 6. The summed E-state index contributed by atoms with van der Waals surface area (Å²) in [7, 11) is 3.50. The molecule has 1 aliphatic heterocycles. The van der Waals surface area contributed by atoms with Gasteiger partial charge in [0.1, 0.15) is 12.2 Å². The Morgan fingerprint density at radius 2 is 1.65 bits per heavy atom. The first-order valence-electron chi connectivity index (χ1n) is 7.27. The third-order valence-corrected chi connectivity index (χ3v) is 3.84. The second-order valence-corrected chi connectivity index (χ2v) is 5.66. The van der Waals surface area contributed by atoms with E-state index in [9.17, 15) is 0 Å². The molecule has 0 radical (unpaired) electrons. The minimum atomic E-state index is 0.155. The number of hydrogen-bond donors (Lipinski definition) is 1. The maximum Gasteiger partial charge on any atom is 0.102 e. The smallest absolute Gasteiger partial charge is 0.102 e. The van der Waals surface area contributed by atoms with Crippen molar-refractivity contribution < 1.29 is 9.47 Å². The van der Waals surface area contributed by atoms with Crippen molar-refractivity contribution in [2.75, 3.05) is 32.2 Å². The zero-order valence-corrected chi connectivity index (χ0v) is 12.9. The van der Waals surface area contributed by atoms with E-state index in [1.54, 1.807) is 14.2 Å². The number of ether oxygens (including phenoxy) is 2. The fourth-order valence-electron chi connectivity index (χ4n) is 2.55. The Labute approximate surface area is 122 Å². The van der Waals surface area contributed by atoms with Gasteiger partial charge in [-0.25, -0.2) is 0 Å². The molecular weight excluding hydrogens is 252 g/mol. The first-order valence-corrected chi connectivity index (χ1v) is 7.27. The van der Waals surface area contributed by atoms with Gasteiger partial charge in [0.25, 0.3) is 0 Å². The molecule has 1 N–H and O–H groups in total. The molecule has 2 rings (SSSR count). The summed E-state index contributed by atoms with van der Waals surface area (Å²) in [6, 6.07) is 9.25. The highest BCUT2D eigenvalue weighted by atomic mass is 16.5. The number of benzene rings is 1. The summed E-state index contributed by atoms with van der Waals surface area (Å²) < 4.78 is 11.0. The predicted octanol–water partition coefficient (Wildman–Crippen LogP) is 2.03. The van der Waals surface area contributed by atoms with Crippen LogP contribution in [0.5, 0.6) is 0 Å². The van der Waals surface area contributed by atoms with Crippen molar-refractivity contribution in [1.82, 2.24) is 5.32 Å². The third kappa shape index (κ3) is 3.72. The molecule has 112 valence electrons. The monoisotopic (exact) mass is 278 g/mol. The molecular formula is C16H26N2O2. The molecule has 0 aromatic heterocycles.